The van der Waals surface area contributed by atoms with E-state index in [-0.39, 0.29) is 24.4 Å². The number of halogens is 1. The monoisotopic (exact) mass is 383 g/mol. The molecule has 0 bridgehead atoms. The van der Waals surface area contributed by atoms with E-state index in [1.807, 2.05) is 50.5 Å². The number of benzene rings is 2. The molecule has 140 valence electrons. The van der Waals surface area contributed by atoms with Crippen LogP contribution in [0.1, 0.15) is 31.2 Å². The Morgan fingerprint density at radius 2 is 1.81 bits per heavy atom. The molecule has 0 aliphatic heterocycles. The first-order valence-corrected chi connectivity index (χ1v) is 8.70. The number of hydrogen-bond donors (Lipinski definition) is 1. The molecule has 27 heavy (non-hydrogen) atoms. The Labute approximate surface area is 163 Å². The van der Waals surface area contributed by atoms with Gasteiger partial charge in [-0.1, -0.05) is 48.5 Å². The van der Waals surface area contributed by atoms with Crippen molar-refractivity contribution < 1.29 is 4.52 Å². The second kappa shape index (κ2) is 7.90. The lowest BCUT2D eigenvalue weighted by Gasteiger charge is -2.09. The summed E-state index contributed by atoms with van der Waals surface area (Å²) in [5, 5.41) is 4.08. The van der Waals surface area contributed by atoms with Crippen LogP contribution in [0.4, 0.5) is 0 Å². The average molecular weight is 384 g/mol. The fourth-order valence-electron chi connectivity index (χ4n) is 2.85. The lowest BCUT2D eigenvalue weighted by atomic mass is 10.1. The predicted octanol–water partition coefficient (Wildman–Crippen LogP) is 4.01. The molecule has 2 unspecified atom stereocenters. The van der Waals surface area contributed by atoms with Crippen LogP contribution >= 0.6 is 12.4 Å². The van der Waals surface area contributed by atoms with Crippen LogP contribution < -0.4 is 5.73 Å². The molecule has 4 rings (SSSR count). The van der Waals surface area contributed by atoms with Crippen LogP contribution in [0.2, 0.25) is 0 Å². The molecule has 0 spiro atoms. The Morgan fingerprint density at radius 3 is 2.56 bits per heavy atom. The maximum Gasteiger partial charge on any atom is 0.231 e. The van der Waals surface area contributed by atoms with Crippen LogP contribution in [-0.2, 0) is 6.54 Å². The van der Waals surface area contributed by atoms with Crippen molar-refractivity contribution in [3.05, 3.63) is 66.3 Å². The van der Waals surface area contributed by atoms with E-state index in [9.17, 15) is 0 Å². The number of nitrogens with zero attached hydrogens (tertiary/aromatic N) is 4. The zero-order valence-electron chi connectivity index (χ0n) is 15.2. The van der Waals surface area contributed by atoms with Crippen molar-refractivity contribution in [2.45, 2.75) is 32.4 Å². The van der Waals surface area contributed by atoms with Crippen molar-refractivity contribution in [3.8, 4) is 11.4 Å². The molecular weight excluding hydrogens is 362 g/mol. The van der Waals surface area contributed by atoms with Gasteiger partial charge in [-0.25, -0.2) is 4.98 Å². The van der Waals surface area contributed by atoms with Crippen LogP contribution in [0.15, 0.2) is 59.4 Å². The van der Waals surface area contributed by atoms with E-state index in [1.54, 1.807) is 0 Å². The Hall–Kier alpha value is -2.70. The molecule has 7 heteroatoms. The standard InChI is InChI=1S/C20H21N5O.ClH/c1-13(14(2)21)20-23-19(24-26-20)16-9-7-15(8-10-16)11-25-12-22-17-5-3-4-6-18(17)25;/h3-10,12-14H,11,21H2,1-2H3;1H. The number of hydrogen-bond acceptors (Lipinski definition) is 5. The molecule has 4 aromatic rings. The van der Waals surface area contributed by atoms with Crippen LogP contribution in [0.25, 0.3) is 22.4 Å². The Morgan fingerprint density at radius 1 is 1.07 bits per heavy atom. The molecular formula is C20H22ClN5O. The second-order valence-electron chi connectivity index (χ2n) is 6.66. The van der Waals surface area contributed by atoms with E-state index in [2.05, 4.69) is 37.9 Å². The van der Waals surface area contributed by atoms with E-state index in [0.29, 0.717) is 11.7 Å². The molecule has 0 fully saturated rings. The summed E-state index contributed by atoms with van der Waals surface area (Å²) in [5.74, 6) is 1.20. The van der Waals surface area contributed by atoms with Gasteiger partial charge in [0.2, 0.25) is 11.7 Å². The number of imidazole rings is 1. The minimum absolute atomic E-state index is 0. The zero-order chi connectivity index (χ0) is 18.1. The molecule has 2 heterocycles. The normalized spacial score (nSPS) is 13.3. The number of aromatic nitrogens is 4. The third-order valence-corrected chi connectivity index (χ3v) is 4.71. The van der Waals surface area contributed by atoms with E-state index in [4.69, 9.17) is 10.3 Å². The minimum Gasteiger partial charge on any atom is -0.339 e. The van der Waals surface area contributed by atoms with Gasteiger partial charge in [-0.05, 0) is 24.6 Å². The van der Waals surface area contributed by atoms with Crippen molar-refractivity contribution in [1.29, 1.82) is 0 Å². The highest BCUT2D eigenvalue weighted by Gasteiger charge is 2.18. The Kier molecular flexibility index (Phi) is 5.58. The molecule has 2 aromatic carbocycles. The number of fused-ring (bicyclic) bond motifs is 1. The molecule has 0 amide bonds. The molecule has 0 radical (unpaired) electrons. The molecule has 2 aromatic heterocycles. The number of nitrogens with two attached hydrogens (primary N) is 1. The van der Waals surface area contributed by atoms with Crippen LogP contribution in [0.5, 0.6) is 0 Å². The first-order valence-electron chi connectivity index (χ1n) is 8.70. The summed E-state index contributed by atoms with van der Waals surface area (Å²) in [7, 11) is 0. The Bertz CT molecular complexity index is 1020. The summed E-state index contributed by atoms with van der Waals surface area (Å²) < 4.78 is 7.49. The first kappa shape index (κ1) is 19.1. The molecule has 2 atom stereocenters. The van der Waals surface area contributed by atoms with Gasteiger partial charge in [0, 0.05) is 18.2 Å². The maximum atomic E-state index is 5.90. The summed E-state index contributed by atoms with van der Waals surface area (Å²) >= 11 is 0. The fourth-order valence-corrected chi connectivity index (χ4v) is 2.85. The summed E-state index contributed by atoms with van der Waals surface area (Å²) in [5.41, 5.74) is 10.2. The van der Waals surface area contributed by atoms with Crippen molar-refractivity contribution >= 4 is 23.4 Å². The third kappa shape index (κ3) is 3.86. The van der Waals surface area contributed by atoms with Gasteiger partial charge in [-0.15, -0.1) is 12.4 Å². The smallest absolute Gasteiger partial charge is 0.231 e. The van der Waals surface area contributed by atoms with Crippen LogP contribution in [0, 0.1) is 0 Å². The van der Waals surface area contributed by atoms with E-state index in [0.717, 1.165) is 23.1 Å². The number of para-hydroxylation sites is 2. The van der Waals surface area contributed by atoms with Gasteiger partial charge in [0.1, 0.15) is 0 Å². The van der Waals surface area contributed by atoms with Gasteiger partial charge in [0.25, 0.3) is 0 Å². The minimum atomic E-state index is -0.0318. The third-order valence-electron chi connectivity index (χ3n) is 4.71. The largest absolute Gasteiger partial charge is 0.339 e. The zero-order valence-corrected chi connectivity index (χ0v) is 16.1. The van der Waals surface area contributed by atoms with Gasteiger partial charge in [0.05, 0.1) is 23.3 Å². The predicted molar refractivity (Wildman–Crippen MR) is 108 cm³/mol. The first-order chi connectivity index (χ1) is 12.6. The lowest BCUT2D eigenvalue weighted by Crippen LogP contribution is -2.22. The summed E-state index contributed by atoms with van der Waals surface area (Å²) in [6, 6.07) is 16.3. The van der Waals surface area contributed by atoms with Gasteiger partial charge in [0.15, 0.2) is 0 Å². The lowest BCUT2D eigenvalue weighted by molar-refractivity contribution is 0.347. The average Bonchev–Trinajstić information content (AvgIpc) is 3.30. The second-order valence-corrected chi connectivity index (χ2v) is 6.66. The number of rotatable bonds is 5. The molecule has 2 N–H and O–H groups in total. The van der Waals surface area contributed by atoms with Crippen LogP contribution in [-0.4, -0.2) is 25.7 Å². The van der Waals surface area contributed by atoms with Crippen molar-refractivity contribution in [3.63, 3.8) is 0 Å². The highest BCUT2D eigenvalue weighted by molar-refractivity contribution is 5.85. The molecule has 0 aliphatic carbocycles. The van der Waals surface area contributed by atoms with E-state index < -0.39 is 0 Å². The van der Waals surface area contributed by atoms with E-state index >= 15 is 0 Å². The molecule has 0 saturated heterocycles. The van der Waals surface area contributed by atoms with Crippen molar-refractivity contribution in [1.82, 2.24) is 19.7 Å². The van der Waals surface area contributed by atoms with Crippen molar-refractivity contribution in [2.75, 3.05) is 0 Å². The topological polar surface area (TPSA) is 82.8 Å². The van der Waals surface area contributed by atoms with E-state index in [1.165, 1.54) is 5.56 Å². The van der Waals surface area contributed by atoms with Gasteiger partial charge in [-0.2, -0.15) is 4.98 Å². The van der Waals surface area contributed by atoms with Crippen molar-refractivity contribution in [2.24, 2.45) is 5.73 Å². The SMILES string of the molecule is CC(N)C(C)c1nc(-c2ccc(Cn3cnc4ccccc43)cc2)no1.Cl. The quantitative estimate of drug-likeness (QED) is 0.563. The summed E-state index contributed by atoms with van der Waals surface area (Å²) in [6.45, 7) is 4.68. The Balaban J connectivity index is 0.00000210. The highest BCUT2D eigenvalue weighted by atomic mass is 35.5. The summed E-state index contributed by atoms with van der Waals surface area (Å²) in [4.78, 5) is 8.91. The molecule has 6 nitrogen and oxygen atoms in total. The fraction of sp³-hybridized carbons (Fsp3) is 0.250. The highest BCUT2D eigenvalue weighted by Crippen LogP contribution is 2.22. The van der Waals surface area contributed by atoms with Gasteiger partial charge >= 0.3 is 0 Å². The maximum absolute atomic E-state index is 5.90. The summed E-state index contributed by atoms with van der Waals surface area (Å²) in [6.07, 6.45) is 1.87. The van der Waals surface area contributed by atoms with Crippen LogP contribution in [0.3, 0.4) is 0 Å². The molecule has 0 aliphatic rings. The molecule has 0 saturated carbocycles. The van der Waals surface area contributed by atoms with Gasteiger partial charge < -0.3 is 14.8 Å². The van der Waals surface area contributed by atoms with Gasteiger partial charge in [-0.3, -0.25) is 0 Å².